The number of carbonyl (C=O) groups excluding carboxylic acids is 1. The summed E-state index contributed by atoms with van der Waals surface area (Å²) in [5.41, 5.74) is -1.07. The Morgan fingerprint density at radius 1 is 1.14 bits per heavy atom. The molecule has 1 atom stereocenters. The van der Waals surface area contributed by atoms with E-state index in [9.17, 15) is 14.4 Å². The summed E-state index contributed by atoms with van der Waals surface area (Å²) in [6, 6.07) is 9.31. The number of rotatable bonds is 3. The molecule has 0 saturated carbocycles. The van der Waals surface area contributed by atoms with Crippen LogP contribution in [0.3, 0.4) is 0 Å². The minimum absolute atomic E-state index is 0.333. The number of benzene rings is 1. The first-order valence-electron chi connectivity index (χ1n) is 6.03. The van der Waals surface area contributed by atoms with Crippen LogP contribution < -0.4 is 16.6 Å². The molecule has 2 rings (SSSR count). The molecule has 0 unspecified atom stereocenters. The number of aromatic nitrogens is 2. The Bertz CT molecular complexity index is 781. The summed E-state index contributed by atoms with van der Waals surface area (Å²) in [4.78, 5) is 37.1. The minimum atomic E-state index is -2.01. The lowest BCUT2D eigenvalue weighted by Crippen LogP contribution is -2.46. The van der Waals surface area contributed by atoms with Crippen molar-refractivity contribution in [1.82, 2.24) is 14.9 Å². The van der Waals surface area contributed by atoms with Gasteiger partial charge in [0.2, 0.25) is 3.79 Å². The van der Waals surface area contributed by atoms with Gasteiger partial charge in [-0.15, -0.1) is 0 Å². The Morgan fingerprint density at radius 2 is 1.77 bits per heavy atom. The molecule has 0 saturated heterocycles. The van der Waals surface area contributed by atoms with Gasteiger partial charge in [0, 0.05) is 17.8 Å². The second kappa shape index (κ2) is 6.56. The van der Waals surface area contributed by atoms with Gasteiger partial charge in [-0.05, 0) is 12.1 Å². The Hall–Kier alpha value is -1.76. The summed E-state index contributed by atoms with van der Waals surface area (Å²) in [5.74, 6) is -0.532. The van der Waals surface area contributed by atoms with E-state index in [1.807, 2.05) is 4.98 Å². The van der Waals surface area contributed by atoms with Crippen LogP contribution in [-0.4, -0.2) is 19.3 Å². The fourth-order valence-electron chi connectivity index (χ4n) is 1.74. The van der Waals surface area contributed by atoms with Crippen LogP contribution in [0.15, 0.2) is 52.2 Å². The van der Waals surface area contributed by atoms with E-state index < -0.39 is 27.1 Å². The van der Waals surface area contributed by atoms with Gasteiger partial charge in [0.1, 0.15) is 0 Å². The summed E-state index contributed by atoms with van der Waals surface area (Å²) in [5, 5.41) is 2.46. The quantitative estimate of drug-likeness (QED) is 0.817. The summed E-state index contributed by atoms with van der Waals surface area (Å²) in [6.07, 6.45) is -0.159. The van der Waals surface area contributed by atoms with Gasteiger partial charge in [-0.1, -0.05) is 53.0 Å². The molecule has 1 amide bonds. The molecule has 9 heteroatoms. The first kappa shape index (κ1) is 16.6. The van der Waals surface area contributed by atoms with Crippen LogP contribution >= 0.6 is 34.8 Å². The molecule has 0 spiro atoms. The highest BCUT2D eigenvalue weighted by Gasteiger charge is 2.36. The molecular weight excluding hydrogens is 353 g/mol. The number of nitrogens with zero attached hydrogens (tertiary/aromatic N) is 1. The van der Waals surface area contributed by atoms with Crippen molar-refractivity contribution in [3.8, 4) is 0 Å². The summed E-state index contributed by atoms with van der Waals surface area (Å²) in [6.45, 7) is 0. The van der Waals surface area contributed by atoms with Crippen molar-refractivity contribution in [3.05, 3.63) is 69.0 Å². The van der Waals surface area contributed by atoms with Crippen LogP contribution in [0.2, 0.25) is 0 Å². The van der Waals surface area contributed by atoms with Crippen LogP contribution in [0, 0.1) is 0 Å². The van der Waals surface area contributed by atoms with Gasteiger partial charge < -0.3 is 5.32 Å². The third-order valence-electron chi connectivity index (χ3n) is 2.74. The van der Waals surface area contributed by atoms with Crippen LogP contribution in [-0.2, 0) is 0 Å². The van der Waals surface area contributed by atoms with E-state index in [1.165, 1.54) is 0 Å². The Kier molecular flexibility index (Phi) is 4.95. The van der Waals surface area contributed by atoms with E-state index in [-0.39, 0.29) is 0 Å². The van der Waals surface area contributed by atoms with Gasteiger partial charge in [0.15, 0.2) is 6.17 Å². The lowest BCUT2D eigenvalue weighted by Gasteiger charge is -2.27. The SMILES string of the molecule is O=C(N[C@H](n1ccc(=O)[nH]c1=O)C(Cl)(Cl)Cl)c1ccccc1. The third kappa shape index (κ3) is 3.91. The van der Waals surface area contributed by atoms with Gasteiger partial charge in [-0.25, -0.2) is 4.79 Å². The predicted molar refractivity (Wildman–Crippen MR) is 84.6 cm³/mol. The Balaban J connectivity index is 2.38. The molecule has 0 radical (unpaired) electrons. The number of carbonyl (C=O) groups is 1. The molecule has 1 aromatic carbocycles. The number of nitrogens with one attached hydrogen (secondary N) is 2. The molecule has 22 heavy (non-hydrogen) atoms. The number of halogens is 3. The lowest BCUT2D eigenvalue weighted by molar-refractivity contribution is 0.0919. The van der Waals surface area contributed by atoms with Gasteiger partial charge in [-0.3, -0.25) is 19.1 Å². The molecule has 116 valence electrons. The minimum Gasteiger partial charge on any atom is -0.328 e. The maximum Gasteiger partial charge on any atom is 0.330 e. The van der Waals surface area contributed by atoms with Crippen molar-refractivity contribution in [2.24, 2.45) is 0 Å². The zero-order valence-electron chi connectivity index (χ0n) is 10.9. The largest absolute Gasteiger partial charge is 0.330 e. The molecular formula is C13H10Cl3N3O3. The smallest absolute Gasteiger partial charge is 0.328 e. The molecule has 2 N–H and O–H groups in total. The third-order valence-corrected chi connectivity index (χ3v) is 3.36. The first-order chi connectivity index (χ1) is 10.3. The molecule has 0 aliphatic carbocycles. The normalized spacial score (nSPS) is 12.7. The second-order valence-electron chi connectivity index (χ2n) is 4.30. The van der Waals surface area contributed by atoms with Crippen LogP contribution in [0.4, 0.5) is 0 Å². The van der Waals surface area contributed by atoms with Gasteiger partial charge in [0.05, 0.1) is 0 Å². The Labute approximate surface area is 139 Å². The summed E-state index contributed by atoms with van der Waals surface area (Å²) in [7, 11) is 0. The molecule has 0 bridgehead atoms. The number of aromatic amines is 1. The highest BCUT2D eigenvalue weighted by atomic mass is 35.6. The fraction of sp³-hybridized carbons (Fsp3) is 0.154. The van der Waals surface area contributed by atoms with Crippen molar-refractivity contribution in [1.29, 1.82) is 0 Å². The number of hydrogen-bond donors (Lipinski definition) is 2. The maximum absolute atomic E-state index is 12.2. The van der Waals surface area contributed by atoms with Crippen molar-refractivity contribution >= 4 is 40.7 Å². The van der Waals surface area contributed by atoms with E-state index in [0.29, 0.717) is 5.56 Å². The maximum atomic E-state index is 12.2. The number of hydrogen-bond acceptors (Lipinski definition) is 3. The van der Waals surface area contributed by atoms with Gasteiger partial charge in [0.25, 0.3) is 11.5 Å². The van der Waals surface area contributed by atoms with Crippen LogP contribution in [0.25, 0.3) is 0 Å². The molecule has 0 aliphatic heterocycles. The number of alkyl halides is 3. The lowest BCUT2D eigenvalue weighted by atomic mass is 10.2. The average Bonchev–Trinajstić information content (AvgIpc) is 2.45. The van der Waals surface area contributed by atoms with Crippen molar-refractivity contribution in [2.75, 3.05) is 0 Å². The molecule has 0 fully saturated rings. The summed E-state index contributed by atoms with van der Waals surface area (Å²) >= 11 is 17.5. The fourth-order valence-corrected chi connectivity index (χ4v) is 2.22. The average molecular weight is 363 g/mol. The van der Waals surface area contributed by atoms with E-state index in [0.717, 1.165) is 16.8 Å². The second-order valence-corrected chi connectivity index (χ2v) is 6.67. The zero-order chi connectivity index (χ0) is 16.3. The summed E-state index contributed by atoms with van der Waals surface area (Å²) < 4.78 is -1.08. The van der Waals surface area contributed by atoms with E-state index in [4.69, 9.17) is 34.8 Å². The van der Waals surface area contributed by atoms with Crippen molar-refractivity contribution < 1.29 is 4.79 Å². The Morgan fingerprint density at radius 3 is 2.32 bits per heavy atom. The topological polar surface area (TPSA) is 84.0 Å². The first-order valence-corrected chi connectivity index (χ1v) is 7.16. The monoisotopic (exact) mass is 361 g/mol. The van der Waals surface area contributed by atoms with E-state index in [1.54, 1.807) is 30.3 Å². The molecule has 6 nitrogen and oxygen atoms in total. The zero-order valence-corrected chi connectivity index (χ0v) is 13.2. The van der Waals surface area contributed by atoms with E-state index >= 15 is 0 Å². The highest BCUT2D eigenvalue weighted by Crippen LogP contribution is 2.36. The predicted octanol–water partition coefficient (Wildman–Crippen LogP) is 1.84. The number of H-pyrrole nitrogens is 1. The van der Waals surface area contributed by atoms with Crippen molar-refractivity contribution in [3.63, 3.8) is 0 Å². The van der Waals surface area contributed by atoms with Crippen molar-refractivity contribution in [2.45, 2.75) is 9.96 Å². The highest BCUT2D eigenvalue weighted by molar-refractivity contribution is 6.67. The standard InChI is InChI=1S/C13H10Cl3N3O3/c14-13(15,16)11(19-7-6-9(20)17-12(19)22)18-10(21)8-4-2-1-3-5-8/h1-7,11H,(H,18,21)(H,17,20,22)/t11-/m1/s1. The molecule has 1 heterocycles. The molecule has 0 aliphatic rings. The van der Waals surface area contributed by atoms with Crippen LogP contribution in [0.1, 0.15) is 16.5 Å². The molecule has 1 aromatic heterocycles. The van der Waals surface area contributed by atoms with E-state index in [2.05, 4.69) is 5.32 Å². The number of amides is 1. The molecule has 2 aromatic rings. The van der Waals surface area contributed by atoms with Crippen LogP contribution in [0.5, 0.6) is 0 Å². The van der Waals surface area contributed by atoms with Gasteiger partial charge in [-0.2, -0.15) is 0 Å². The van der Waals surface area contributed by atoms with Gasteiger partial charge >= 0.3 is 5.69 Å².